The van der Waals surface area contributed by atoms with Gasteiger partial charge in [0.05, 0.1) is 13.2 Å². The van der Waals surface area contributed by atoms with Crippen LogP contribution < -0.4 is 4.74 Å². The van der Waals surface area contributed by atoms with Crippen molar-refractivity contribution in [1.82, 2.24) is 9.88 Å². The number of hydrogen-bond acceptors (Lipinski definition) is 4. The van der Waals surface area contributed by atoms with Gasteiger partial charge in [-0.15, -0.1) is 0 Å². The molecule has 2 aromatic rings. The third kappa shape index (κ3) is 3.08. The van der Waals surface area contributed by atoms with Gasteiger partial charge < -0.3 is 14.7 Å². The maximum Gasteiger partial charge on any atom is 0.354 e. The molecule has 3 rings (SSSR count). The number of hydrogen-bond donors (Lipinski definition) is 1. The Balaban J connectivity index is 1.88. The third-order valence-corrected chi connectivity index (χ3v) is 4.22. The minimum Gasteiger partial charge on any atom is -0.497 e. The fourth-order valence-corrected chi connectivity index (χ4v) is 3.05. The van der Waals surface area contributed by atoms with Crippen LogP contribution in [0.25, 0.3) is 0 Å². The maximum atomic E-state index is 12.8. The Kier molecular flexibility index (Phi) is 4.46. The molecule has 1 aliphatic rings. The van der Waals surface area contributed by atoms with E-state index < -0.39 is 5.97 Å². The lowest BCUT2D eigenvalue weighted by Crippen LogP contribution is -2.30. The second-order valence-electron chi connectivity index (χ2n) is 5.67. The summed E-state index contributed by atoms with van der Waals surface area (Å²) in [6, 6.07) is 10.5. The van der Waals surface area contributed by atoms with Crippen LogP contribution in [0.3, 0.4) is 0 Å². The molecule has 6 nitrogen and oxygen atoms in total. The Labute approximate surface area is 139 Å². The number of methoxy groups -OCH3 is 1. The van der Waals surface area contributed by atoms with E-state index in [0.717, 1.165) is 24.2 Å². The first kappa shape index (κ1) is 16.0. The van der Waals surface area contributed by atoms with Crippen LogP contribution in [-0.2, 0) is 0 Å². The number of aromatic carboxylic acids is 1. The van der Waals surface area contributed by atoms with Crippen molar-refractivity contribution in [2.45, 2.75) is 18.9 Å². The van der Waals surface area contributed by atoms with Gasteiger partial charge in [-0.2, -0.15) is 0 Å². The molecule has 1 fully saturated rings. The number of rotatable bonds is 4. The summed E-state index contributed by atoms with van der Waals surface area (Å²) in [7, 11) is 1.61. The Hall–Kier alpha value is -2.89. The average Bonchev–Trinajstić information content (AvgIpc) is 3.11. The molecule has 124 valence electrons. The van der Waals surface area contributed by atoms with E-state index in [-0.39, 0.29) is 17.6 Å². The highest BCUT2D eigenvalue weighted by Crippen LogP contribution is 2.34. The summed E-state index contributed by atoms with van der Waals surface area (Å²) in [5, 5.41) is 9.04. The number of carboxylic acid groups (broad SMARTS) is 1. The molecular formula is C18H18N2O4. The molecule has 0 saturated carbocycles. The molecule has 1 N–H and O–H groups in total. The van der Waals surface area contributed by atoms with Crippen molar-refractivity contribution in [2.24, 2.45) is 0 Å². The number of benzene rings is 1. The number of likely N-dealkylation sites (tertiary alicyclic amines) is 1. The van der Waals surface area contributed by atoms with Crippen LogP contribution in [0.15, 0.2) is 42.6 Å². The molecule has 0 spiro atoms. The number of carbonyl (C=O) groups is 2. The van der Waals surface area contributed by atoms with Crippen molar-refractivity contribution >= 4 is 11.9 Å². The monoisotopic (exact) mass is 326 g/mol. The molecule has 0 radical (unpaired) electrons. The Morgan fingerprint density at radius 3 is 2.88 bits per heavy atom. The molecule has 1 aliphatic heterocycles. The Morgan fingerprint density at radius 1 is 1.29 bits per heavy atom. The zero-order chi connectivity index (χ0) is 17.1. The third-order valence-electron chi connectivity index (χ3n) is 4.22. The van der Waals surface area contributed by atoms with Crippen molar-refractivity contribution in [3.63, 3.8) is 0 Å². The van der Waals surface area contributed by atoms with Crippen molar-refractivity contribution in [1.29, 1.82) is 0 Å². The Bertz CT molecular complexity index is 775. The topological polar surface area (TPSA) is 79.7 Å². The highest BCUT2D eigenvalue weighted by molar-refractivity contribution is 5.97. The fraction of sp³-hybridized carbons (Fsp3) is 0.278. The van der Waals surface area contributed by atoms with E-state index in [0.29, 0.717) is 12.1 Å². The van der Waals surface area contributed by atoms with Gasteiger partial charge in [-0.3, -0.25) is 4.79 Å². The first-order valence-corrected chi connectivity index (χ1v) is 7.74. The SMILES string of the molecule is COc1cccc(C2CCCN2C(=O)c2ccnc(C(=O)O)c2)c1. The normalized spacial score (nSPS) is 16.9. The first-order chi connectivity index (χ1) is 11.6. The predicted molar refractivity (Wildman–Crippen MR) is 87.2 cm³/mol. The molecule has 2 heterocycles. The van der Waals surface area contributed by atoms with Gasteiger partial charge >= 0.3 is 5.97 Å². The molecule has 0 aliphatic carbocycles. The van der Waals surface area contributed by atoms with Gasteiger partial charge in [-0.1, -0.05) is 12.1 Å². The molecule has 1 amide bonds. The number of ether oxygens (including phenoxy) is 1. The molecule has 1 saturated heterocycles. The minimum atomic E-state index is -1.14. The van der Waals surface area contributed by atoms with Crippen LogP contribution in [0.1, 0.15) is 45.3 Å². The average molecular weight is 326 g/mol. The lowest BCUT2D eigenvalue weighted by Gasteiger charge is -2.25. The molecule has 6 heteroatoms. The van der Waals surface area contributed by atoms with Crippen LogP contribution in [0.4, 0.5) is 0 Å². The molecule has 1 atom stereocenters. The molecule has 1 aromatic heterocycles. The van der Waals surface area contributed by atoms with E-state index in [9.17, 15) is 9.59 Å². The summed E-state index contributed by atoms with van der Waals surface area (Å²) in [5.41, 5.74) is 1.24. The van der Waals surface area contributed by atoms with Crippen LogP contribution in [-0.4, -0.2) is 40.5 Å². The second-order valence-corrected chi connectivity index (χ2v) is 5.67. The van der Waals surface area contributed by atoms with Gasteiger partial charge in [0.15, 0.2) is 0 Å². The van der Waals surface area contributed by atoms with Crippen LogP contribution in [0, 0.1) is 0 Å². The second kappa shape index (κ2) is 6.70. The van der Waals surface area contributed by atoms with Crippen molar-refractivity contribution in [3.8, 4) is 5.75 Å². The molecule has 24 heavy (non-hydrogen) atoms. The summed E-state index contributed by atoms with van der Waals surface area (Å²) in [6.07, 6.45) is 3.13. The first-order valence-electron chi connectivity index (χ1n) is 7.74. The summed E-state index contributed by atoms with van der Waals surface area (Å²) in [4.78, 5) is 29.4. The van der Waals surface area contributed by atoms with Gasteiger partial charge in [0.25, 0.3) is 5.91 Å². The van der Waals surface area contributed by atoms with E-state index in [1.807, 2.05) is 24.3 Å². The summed E-state index contributed by atoms with van der Waals surface area (Å²) in [6.45, 7) is 0.644. The number of aromatic nitrogens is 1. The fourth-order valence-electron chi connectivity index (χ4n) is 3.05. The Morgan fingerprint density at radius 2 is 2.12 bits per heavy atom. The van der Waals surface area contributed by atoms with Crippen LogP contribution in [0.2, 0.25) is 0 Å². The highest BCUT2D eigenvalue weighted by atomic mass is 16.5. The van der Waals surface area contributed by atoms with Gasteiger partial charge in [-0.05, 0) is 42.7 Å². The predicted octanol–water partition coefficient (Wildman–Crippen LogP) is 2.77. The van der Waals surface area contributed by atoms with Gasteiger partial charge in [-0.25, -0.2) is 9.78 Å². The van der Waals surface area contributed by atoms with Crippen molar-refractivity contribution in [2.75, 3.05) is 13.7 Å². The minimum absolute atomic E-state index is 0.0333. The smallest absolute Gasteiger partial charge is 0.354 e. The largest absolute Gasteiger partial charge is 0.497 e. The lowest BCUT2D eigenvalue weighted by molar-refractivity contribution is 0.0690. The summed E-state index contributed by atoms with van der Waals surface area (Å²) in [5.74, 6) is -0.565. The maximum absolute atomic E-state index is 12.8. The van der Waals surface area contributed by atoms with Crippen LogP contribution >= 0.6 is 0 Å². The summed E-state index contributed by atoms with van der Waals surface area (Å²) >= 11 is 0. The van der Waals surface area contributed by atoms with Crippen molar-refractivity contribution < 1.29 is 19.4 Å². The van der Waals surface area contributed by atoms with E-state index in [1.54, 1.807) is 18.1 Å². The van der Waals surface area contributed by atoms with E-state index in [1.165, 1.54) is 12.3 Å². The number of nitrogens with zero attached hydrogens (tertiary/aromatic N) is 2. The number of carboxylic acids is 1. The highest BCUT2D eigenvalue weighted by Gasteiger charge is 2.31. The standard InChI is InChI=1S/C18H18N2O4/c1-24-14-5-2-4-12(10-14)16-6-3-9-20(16)17(21)13-7-8-19-15(11-13)18(22)23/h2,4-5,7-8,10-11,16H,3,6,9H2,1H3,(H,22,23). The van der Waals surface area contributed by atoms with Gasteiger partial charge in [0.1, 0.15) is 11.4 Å². The number of pyridine rings is 1. The lowest BCUT2D eigenvalue weighted by atomic mass is 10.0. The van der Waals surface area contributed by atoms with E-state index >= 15 is 0 Å². The van der Waals surface area contributed by atoms with Gasteiger partial charge in [0.2, 0.25) is 0 Å². The van der Waals surface area contributed by atoms with Crippen LogP contribution in [0.5, 0.6) is 5.75 Å². The zero-order valence-corrected chi connectivity index (χ0v) is 13.3. The summed E-state index contributed by atoms with van der Waals surface area (Å²) < 4.78 is 5.26. The molecule has 1 aromatic carbocycles. The number of carbonyl (C=O) groups excluding carboxylic acids is 1. The van der Waals surface area contributed by atoms with E-state index in [4.69, 9.17) is 9.84 Å². The zero-order valence-electron chi connectivity index (χ0n) is 13.3. The van der Waals surface area contributed by atoms with E-state index in [2.05, 4.69) is 4.98 Å². The quantitative estimate of drug-likeness (QED) is 0.934. The molecule has 1 unspecified atom stereocenters. The molecule has 0 bridgehead atoms. The van der Waals surface area contributed by atoms with Gasteiger partial charge in [0, 0.05) is 18.3 Å². The number of amides is 1. The molecular weight excluding hydrogens is 308 g/mol. The van der Waals surface area contributed by atoms with Crippen molar-refractivity contribution in [3.05, 3.63) is 59.4 Å².